The monoisotopic (exact) mass is 297 g/mol. The maximum atomic E-state index is 13.5. The van der Waals surface area contributed by atoms with E-state index in [0.717, 1.165) is 31.0 Å². The molecule has 0 bridgehead atoms. The van der Waals surface area contributed by atoms with Crippen molar-refractivity contribution in [2.45, 2.75) is 34.2 Å². The van der Waals surface area contributed by atoms with Gasteiger partial charge >= 0.3 is 0 Å². The molecule has 21 heavy (non-hydrogen) atoms. The van der Waals surface area contributed by atoms with Crippen LogP contribution in [-0.4, -0.2) is 37.8 Å². The molecule has 0 spiro atoms. The second kappa shape index (κ2) is 9.68. The topological polar surface area (TPSA) is 37.4 Å². The van der Waals surface area contributed by atoms with Crippen LogP contribution in [0.25, 0.3) is 0 Å². The first-order valence-electron chi connectivity index (χ1n) is 7.76. The van der Waals surface area contributed by atoms with Gasteiger partial charge in [-0.1, -0.05) is 13.8 Å². The summed E-state index contributed by atoms with van der Waals surface area (Å²) >= 11 is 0. The first kappa shape index (κ1) is 17.9. The molecule has 1 N–H and O–H groups in total. The van der Waals surface area contributed by atoms with Crippen LogP contribution in [0.3, 0.4) is 0 Å². The molecule has 0 fully saturated rings. The highest BCUT2D eigenvalue weighted by Crippen LogP contribution is 2.18. The van der Waals surface area contributed by atoms with E-state index in [-0.39, 0.29) is 5.82 Å². The molecule has 5 heteroatoms. The standard InChI is InChI=1S/C16H28FN3O/c1-5-20(7-8-21-6-2)16-14(9-15(17)12-19-16)11-18-10-13(3)4/h9,12-13,18H,5-8,10-11H2,1-4H3. The zero-order valence-corrected chi connectivity index (χ0v) is 13.7. The van der Waals surface area contributed by atoms with E-state index in [1.165, 1.54) is 6.20 Å². The van der Waals surface area contributed by atoms with E-state index in [2.05, 4.69) is 36.0 Å². The number of nitrogens with zero attached hydrogens (tertiary/aromatic N) is 2. The highest BCUT2D eigenvalue weighted by molar-refractivity contribution is 5.46. The number of aromatic nitrogens is 1. The van der Waals surface area contributed by atoms with Gasteiger partial charge < -0.3 is 15.0 Å². The summed E-state index contributed by atoms with van der Waals surface area (Å²) in [5.41, 5.74) is 0.897. The van der Waals surface area contributed by atoms with Crippen LogP contribution in [0, 0.1) is 11.7 Å². The summed E-state index contributed by atoms with van der Waals surface area (Å²) in [6.45, 7) is 12.8. The smallest absolute Gasteiger partial charge is 0.141 e. The van der Waals surface area contributed by atoms with E-state index < -0.39 is 0 Å². The molecular formula is C16H28FN3O. The van der Waals surface area contributed by atoms with Crippen LogP contribution in [-0.2, 0) is 11.3 Å². The number of ether oxygens (including phenoxy) is 1. The summed E-state index contributed by atoms with van der Waals surface area (Å²) in [7, 11) is 0. The molecule has 0 aliphatic carbocycles. The largest absolute Gasteiger partial charge is 0.380 e. The lowest BCUT2D eigenvalue weighted by Gasteiger charge is -2.24. The lowest BCUT2D eigenvalue weighted by Crippen LogP contribution is -2.30. The second-order valence-corrected chi connectivity index (χ2v) is 5.44. The third-order valence-corrected chi connectivity index (χ3v) is 3.17. The molecule has 0 aliphatic rings. The molecule has 0 aromatic carbocycles. The molecule has 0 atom stereocenters. The number of anilines is 1. The predicted molar refractivity (Wildman–Crippen MR) is 85.1 cm³/mol. The number of nitrogens with one attached hydrogen (secondary N) is 1. The van der Waals surface area contributed by atoms with E-state index in [1.807, 2.05) is 6.92 Å². The van der Waals surface area contributed by atoms with E-state index >= 15 is 0 Å². The van der Waals surface area contributed by atoms with Gasteiger partial charge in [-0.3, -0.25) is 0 Å². The van der Waals surface area contributed by atoms with Crippen LogP contribution in [0.5, 0.6) is 0 Å². The summed E-state index contributed by atoms with van der Waals surface area (Å²) in [5.74, 6) is 1.12. The van der Waals surface area contributed by atoms with Gasteiger partial charge in [0.05, 0.1) is 12.8 Å². The molecule has 1 aromatic rings. The molecule has 1 rings (SSSR count). The second-order valence-electron chi connectivity index (χ2n) is 5.44. The summed E-state index contributed by atoms with van der Waals surface area (Å²) < 4.78 is 18.9. The molecule has 0 amide bonds. The van der Waals surface area contributed by atoms with Crippen molar-refractivity contribution in [2.75, 3.05) is 37.7 Å². The van der Waals surface area contributed by atoms with Crippen molar-refractivity contribution in [3.8, 4) is 0 Å². The Hall–Kier alpha value is -1.20. The predicted octanol–water partition coefficient (Wildman–Crippen LogP) is 2.83. The summed E-state index contributed by atoms with van der Waals surface area (Å²) in [6.07, 6.45) is 1.28. The molecular weight excluding hydrogens is 269 g/mol. The van der Waals surface area contributed by atoms with Crippen molar-refractivity contribution >= 4 is 5.82 Å². The number of rotatable bonds is 10. The average Bonchev–Trinajstić information content (AvgIpc) is 2.44. The van der Waals surface area contributed by atoms with E-state index in [4.69, 9.17) is 4.74 Å². The Labute approximate surface area is 127 Å². The Balaban J connectivity index is 2.77. The third-order valence-electron chi connectivity index (χ3n) is 3.17. The Bertz CT molecular complexity index is 413. The van der Waals surface area contributed by atoms with Gasteiger partial charge in [-0.05, 0) is 32.4 Å². The van der Waals surface area contributed by atoms with Crippen LogP contribution < -0.4 is 10.2 Å². The van der Waals surface area contributed by atoms with Crippen molar-refractivity contribution in [1.82, 2.24) is 10.3 Å². The molecule has 0 radical (unpaired) electrons. The van der Waals surface area contributed by atoms with Gasteiger partial charge in [0.2, 0.25) is 0 Å². The maximum absolute atomic E-state index is 13.5. The fraction of sp³-hybridized carbons (Fsp3) is 0.688. The fourth-order valence-electron chi connectivity index (χ4n) is 2.12. The van der Waals surface area contributed by atoms with Crippen LogP contribution in [0.2, 0.25) is 0 Å². The van der Waals surface area contributed by atoms with Crippen molar-refractivity contribution < 1.29 is 9.13 Å². The molecule has 4 nitrogen and oxygen atoms in total. The molecule has 1 aromatic heterocycles. The minimum Gasteiger partial charge on any atom is -0.380 e. The maximum Gasteiger partial charge on any atom is 0.141 e. The number of hydrogen-bond acceptors (Lipinski definition) is 4. The van der Waals surface area contributed by atoms with Crippen molar-refractivity contribution in [3.63, 3.8) is 0 Å². The van der Waals surface area contributed by atoms with Crippen LogP contribution >= 0.6 is 0 Å². The lowest BCUT2D eigenvalue weighted by molar-refractivity contribution is 0.154. The first-order chi connectivity index (χ1) is 10.1. The molecule has 0 aliphatic heterocycles. The summed E-state index contributed by atoms with van der Waals surface area (Å²) in [6, 6.07) is 1.57. The highest BCUT2D eigenvalue weighted by atomic mass is 19.1. The minimum absolute atomic E-state index is 0.291. The van der Waals surface area contributed by atoms with Gasteiger partial charge in [0.1, 0.15) is 11.6 Å². The molecule has 0 saturated carbocycles. The van der Waals surface area contributed by atoms with E-state index in [9.17, 15) is 4.39 Å². The van der Waals surface area contributed by atoms with Crippen LogP contribution in [0.15, 0.2) is 12.3 Å². The van der Waals surface area contributed by atoms with Gasteiger partial charge in [-0.15, -0.1) is 0 Å². The van der Waals surface area contributed by atoms with Gasteiger partial charge in [0.15, 0.2) is 0 Å². The molecule has 1 heterocycles. The SMILES string of the molecule is CCOCCN(CC)c1ncc(F)cc1CNCC(C)C. The van der Waals surface area contributed by atoms with E-state index in [0.29, 0.717) is 25.7 Å². The van der Waals surface area contributed by atoms with Gasteiger partial charge in [-0.2, -0.15) is 0 Å². The Morgan fingerprint density at radius 1 is 1.38 bits per heavy atom. The quantitative estimate of drug-likeness (QED) is 0.674. The molecule has 0 saturated heterocycles. The van der Waals surface area contributed by atoms with Crippen LogP contribution in [0.1, 0.15) is 33.3 Å². The lowest BCUT2D eigenvalue weighted by atomic mass is 10.2. The Morgan fingerprint density at radius 2 is 2.14 bits per heavy atom. The number of halogens is 1. The van der Waals surface area contributed by atoms with Crippen LogP contribution in [0.4, 0.5) is 10.2 Å². The van der Waals surface area contributed by atoms with Crippen molar-refractivity contribution in [1.29, 1.82) is 0 Å². The molecule has 0 unspecified atom stereocenters. The Morgan fingerprint density at radius 3 is 2.76 bits per heavy atom. The highest BCUT2D eigenvalue weighted by Gasteiger charge is 2.12. The summed E-state index contributed by atoms with van der Waals surface area (Å²) in [4.78, 5) is 6.41. The number of likely N-dealkylation sites (N-methyl/N-ethyl adjacent to an activating group) is 1. The normalized spacial score (nSPS) is 11.1. The van der Waals surface area contributed by atoms with Gasteiger partial charge in [0.25, 0.3) is 0 Å². The van der Waals surface area contributed by atoms with Crippen molar-refractivity contribution in [2.24, 2.45) is 5.92 Å². The zero-order chi connectivity index (χ0) is 15.7. The third kappa shape index (κ3) is 6.40. The number of hydrogen-bond donors (Lipinski definition) is 1. The number of pyridine rings is 1. The van der Waals surface area contributed by atoms with Crippen molar-refractivity contribution in [3.05, 3.63) is 23.6 Å². The minimum atomic E-state index is -0.291. The Kier molecular flexibility index (Phi) is 8.23. The first-order valence-corrected chi connectivity index (χ1v) is 7.76. The van der Waals surface area contributed by atoms with Gasteiger partial charge in [-0.25, -0.2) is 9.37 Å². The average molecular weight is 297 g/mol. The summed E-state index contributed by atoms with van der Waals surface area (Å²) in [5, 5.41) is 3.35. The molecule has 120 valence electrons. The zero-order valence-electron chi connectivity index (χ0n) is 13.7. The fourth-order valence-corrected chi connectivity index (χ4v) is 2.12. The van der Waals surface area contributed by atoms with Gasteiger partial charge in [0, 0.05) is 31.8 Å². The van der Waals surface area contributed by atoms with E-state index in [1.54, 1.807) is 6.07 Å².